The third-order valence-electron chi connectivity index (χ3n) is 3.71. The minimum Gasteiger partial charge on any atom is -0.467 e. The number of thioether (sulfide) groups is 1. The first-order valence-corrected chi connectivity index (χ1v) is 11.0. The molecule has 0 saturated heterocycles. The van der Waals surface area contributed by atoms with Gasteiger partial charge in [-0.1, -0.05) is 6.07 Å². The summed E-state index contributed by atoms with van der Waals surface area (Å²) in [5.74, 6) is 0.364. The second kappa shape index (κ2) is 9.48. The van der Waals surface area contributed by atoms with Crippen molar-refractivity contribution in [2.75, 3.05) is 12.0 Å². The monoisotopic (exact) mass is 436 g/mol. The van der Waals surface area contributed by atoms with Crippen LogP contribution in [0, 0.1) is 0 Å². The zero-order valence-corrected chi connectivity index (χ0v) is 16.5. The maximum absolute atomic E-state index is 12.9. The number of amides is 1. The van der Waals surface area contributed by atoms with Crippen molar-refractivity contribution in [3.8, 4) is 0 Å². The van der Waals surface area contributed by atoms with Crippen LogP contribution < -0.4 is 10.0 Å². The van der Waals surface area contributed by atoms with Crippen LogP contribution in [-0.4, -0.2) is 32.4 Å². The number of carbonyl (C=O) groups excluding carboxylic acids is 1. The van der Waals surface area contributed by atoms with E-state index < -0.39 is 38.6 Å². The summed E-state index contributed by atoms with van der Waals surface area (Å²) in [5.41, 5.74) is -1.08. The molecule has 2 aromatic rings. The lowest BCUT2D eigenvalue weighted by molar-refractivity contribution is -0.137. The largest absolute Gasteiger partial charge is 0.467 e. The number of benzene rings is 1. The number of carbonyl (C=O) groups is 1. The summed E-state index contributed by atoms with van der Waals surface area (Å²) >= 11 is 1.41. The number of alkyl halides is 3. The summed E-state index contributed by atoms with van der Waals surface area (Å²) in [6, 6.07) is 5.51. The van der Waals surface area contributed by atoms with E-state index in [9.17, 15) is 26.4 Å². The smallest absolute Gasteiger partial charge is 0.416 e. The lowest BCUT2D eigenvalue weighted by Crippen LogP contribution is -2.46. The SMILES string of the molecule is CSCC[C@H](NS(=O)(=O)c1cccc(C(F)(F)F)c1)C(=O)NCc1ccco1. The summed E-state index contributed by atoms with van der Waals surface area (Å²) in [6.07, 6.45) is -1.28. The summed E-state index contributed by atoms with van der Waals surface area (Å²) in [4.78, 5) is 11.9. The standard InChI is InChI=1S/C17H19F3N2O4S2/c1-27-9-7-15(16(23)21-11-13-5-3-8-26-13)22-28(24,25)14-6-2-4-12(10-14)17(18,19)20/h2-6,8,10,15,22H,7,9,11H2,1H3,(H,21,23)/t15-/m0/s1. The van der Waals surface area contributed by atoms with E-state index in [1.807, 2.05) is 0 Å². The van der Waals surface area contributed by atoms with Gasteiger partial charge in [0.1, 0.15) is 11.8 Å². The van der Waals surface area contributed by atoms with Gasteiger partial charge in [-0.25, -0.2) is 8.42 Å². The van der Waals surface area contributed by atoms with E-state index in [0.717, 1.165) is 18.2 Å². The second-order valence-corrected chi connectivity index (χ2v) is 8.48. The minimum atomic E-state index is -4.68. The number of furan rings is 1. The molecule has 1 aromatic carbocycles. The van der Waals surface area contributed by atoms with Gasteiger partial charge in [-0.3, -0.25) is 4.79 Å². The van der Waals surface area contributed by atoms with E-state index in [0.29, 0.717) is 17.6 Å². The number of hydrogen-bond donors (Lipinski definition) is 2. The van der Waals surface area contributed by atoms with Crippen molar-refractivity contribution in [3.05, 3.63) is 54.0 Å². The van der Waals surface area contributed by atoms with Crippen molar-refractivity contribution in [1.82, 2.24) is 10.0 Å². The third kappa shape index (κ3) is 6.28. The van der Waals surface area contributed by atoms with Gasteiger partial charge >= 0.3 is 6.18 Å². The van der Waals surface area contributed by atoms with Crippen LogP contribution in [0.1, 0.15) is 17.7 Å². The Morgan fingerprint density at radius 2 is 2.00 bits per heavy atom. The number of rotatable bonds is 9. The first-order chi connectivity index (χ1) is 13.1. The van der Waals surface area contributed by atoms with E-state index in [1.54, 1.807) is 18.4 Å². The molecular weight excluding hydrogens is 417 g/mol. The van der Waals surface area contributed by atoms with Crippen molar-refractivity contribution in [2.24, 2.45) is 0 Å². The predicted molar refractivity (Wildman–Crippen MR) is 99.1 cm³/mol. The van der Waals surface area contributed by atoms with Gasteiger partial charge in [0.25, 0.3) is 0 Å². The van der Waals surface area contributed by atoms with E-state index >= 15 is 0 Å². The molecule has 0 fully saturated rings. The Morgan fingerprint density at radius 1 is 1.25 bits per heavy atom. The van der Waals surface area contributed by atoms with Crippen LogP contribution in [0.5, 0.6) is 0 Å². The van der Waals surface area contributed by atoms with Crippen molar-refractivity contribution < 1.29 is 30.8 Å². The van der Waals surface area contributed by atoms with Gasteiger partial charge in [0.2, 0.25) is 15.9 Å². The fourth-order valence-electron chi connectivity index (χ4n) is 2.28. The van der Waals surface area contributed by atoms with Gasteiger partial charge in [-0.05, 0) is 48.8 Å². The van der Waals surface area contributed by atoms with Gasteiger partial charge in [0.05, 0.1) is 23.3 Å². The van der Waals surface area contributed by atoms with E-state index in [1.165, 1.54) is 18.0 Å². The molecule has 28 heavy (non-hydrogen) atoms. The Balaban J connectivity index is 2.16. The molecule has 2 rings (SSSR count). The lowest BCUT2D eigenvalue weighted by atomic mass is 10.2. The van der Waals surface area contributed by atoms with Gasteiger partial charge in [-0.15, -0.1) is 0 Å². The fraction of sp³-hybridized carbons (Fsp3) is 0.353. The van der Waals surface area contributed by atoms with Gasteiger partial charge in [-0.2, -0.15) is 29.7 Å². The van der Waals surface area contributed by atoms with Crippen molar-refractivity contribution in [3.63, 3.8) is 0 Å². The van der Waals surface area contributed by atoms with Crippen LogP contribution in [-0.2, 0) is 27.5 Å². The molecule has 1 heterocycles. The number of nitrogens with one attached hydrogen (secondary N) is 2. The Morgan fingerprint density at radius 3 is 2.61 bits per heavy atom. The zero-order valence-electron chi connectivity index (χ0n) is 14.8. The molecule has 0 saturated carbocycles. The molecular formula is C17H19F3N2O4S2. The van der Waals surface area contributed by atoms with Gasteiger partial charge in [0.15, 0.2) is 0 Å². The maximum atomic E-state index is 12.9. The third-order valence-corrected chi connectivity index (χ3v) is 5.83. The van der Waals surface area contributed by atoms with E-state index in [2.05, 4.69) is 10.0 Å². The van der Waals surface area contributed by atoms with Gasteiger partial charge in [0, 0.05) is 0 Å². The van der Waals surface area contributed by atoms with Crippen molar-refractivity contribution in [1.29, 1.82) is 0 Å². The Bertz CT molecular complexity index is 884. The zero-order chi connectivity index (χ0) is 20.8. The number of sulfonamides is 1. The first-order valence-electron chi connectivity index (χ1n) is 8.12. The molecule has 2 N–H and O–H groups in total. The molecule has 0 unspecified atom stereocenters. The summed E-state index contributed by atoms with van der Waals surface area (Å²) in [6.45, 7) is 0.0624. The molecule has 1 amide bonds. The average molecular weight is 436 g/mol. The highest BCUT2D eigenvalue weighted by Gasteiger charge is 2.32. The highest BCUT2D eigenvalue weighted by Crippen LogP contribution is 2.30. The fourth-order valence-corrected chi connectivity index (χ4v) is 4.03. The number of halogens is 3. The number of hydrogen-bond acceptors (Lipinski definition) is 5. The quantitative estimate of drug-likeness (QED) is 0.631. The molecule has 11 heteroatoms. The highest BCUT2D eigenvalue weighted by molar-refractivity contribution is 7.98. The second-order valence-electron chi connectivity index (χ2n) is 5.78. The Hall–Kier alpha value is -1.98. The van der Waals surface area contributed by atoms with E-state index in [-0.39, 0.29) is 13.0 Å². The molecule has 0 bridgehead atoms. The van der Waals surface area contributed by atoms with Gasteiger partial charge < -0.3 is 9.73 Å². The Kier molecular flexibility index (Phi) is 7.55. The molecule has 0 aliphatic rings. The molecule has 0 aliphatic heterocycles. The maximum Gasteiger partial charge on any atom is 0.416 e. The predicted octanol–water partition coefficient (Wildman–Crippen LogP) is 3.01. The molecule has 154 valence electrons. The summed E-state index contributed by atoms with van der Waals surface area (Å²) in [7, 11) is -4.33. The molecule has 6 nitrogen and oxygen atoms in total. The summed E-state index contributed by atoms with van der Waals surface area (Å²) < 4.78 is 70.9. The van der Waals surface area contributed by atoms with E-state index in [4.69, 9.17) is 4.42 Å². The molecule has 0 aliphatic carbocycles. The van der Waals surface area contributed by atoms with Crippen LogP contribution in [0.4, 0.5) is 13.2 Å². The normalized spacial score (nSPS) is 13.3. The van der Waals surface area contributed by atoms with Crippen molar-refractivity contribution in [2.45, 2.75) is 30.1 Å². The van der Waals surface area contributed by atoms with Crippen LogP contribution in [0.15, 0.2) is 52.0 Å². The first kappa shape index (κ1) is 22.3. The van der Waals surface area contributed by atoms with Crippen LogP contribution in [0.3, 0.4) is 0 Å². The van der Waals surface area contributed by atoms with Crippen LogP contribution >= 0.6 is 11.8 Å². The molecule has 1 atom stereocenters. The molecule has 0 radical (unpaired) electrons. The Labute approximate surface area is 164 Å². The van der Waals surface area contributed by atoms with Crippen LogP contribution in [0.2, 0.25) is 0 Å². The van der Waals surface area contributed by atoms with Crippen molar-refractivity contribution >= 4 is 27.7 Å². The topological polar surface area (TPSA) is 88.4 Å². The molecule has 1 aromatic heterocycles. The minimum absolute atomic E-state index is 0.0624. The highest BCUT2D eigenvalue weighted by atomic mass is 32.2. The molecule has 0 spiro atoms. The van der Waals surface area contributed by atoms with Crippen LogP contribution in [0.25, 0.3) is 0 Å². The summed E-state index contributed by atoms with van der Waals surface area (Å²) in [5, 5.41) is 2.55. The average Bonchev–Trinajstić information content (AvgIpc) is 3.16. The lowest BCUT2D eigenvalue weighted by Gasteiger charge is -2.18.